The van der Waals surface area contributed by atoms with Crippen LogP contribution in [0.5, 0.6) is 0 Å². The lowest BCUT2D eigenvalue weighted by Gasteiger charge is -2.34. The predicted molar refractivity (Wildman–Crippen MR) is 106 cm³/mol. The summed E-state index contributed by atoms with van der Waals surface area (Å²) >= 11 is 0. The first-order chi connectivity index (χ1) is 13.0. The minimum atomic E-state index is -0.565. The van der Waals surface area contributed by atoms with Crippen molar-refractivity contribution in [3.05, 3.63) is 24.2 Å². The zero-order valence-electron chi connectivity index (χ0n) is 16.9. The summed E-state index contributed by atoms with van der Waals surface area (Å²) in [6, 6.07) is 2.68. The van der Waals surface area contributed by atoms with Crippen LogP contribution in [0.1, 0.15) is 44.2 Å². The Morgan fingerprint density at radius 2 is 1.85 bits per heavy atom. The molecule has 1 unspecified atom stereocenters. The molecule has 2 rings (SSSR count). The van der Waals surface area contributed by atoms with E-state index in [1.54, 1.807) is 12.1 Å². The van der Waals surface area contributed by atoms with E-state index in [-0.39, 0.29) is 23.5 Å². The highest BCUT2D eigenvalue weighted by molar-refractivity contribution is 5.95. The molecule has 2 amide bonds. The molecule has 2 heterocycles. The number of rotatable bonds is 10. The Morgan fingerprint density at radius 1 is 1.15 bits per heavy atom. The Morgan fingerprint density at radius 3 is 2.44 bits per heavy atom. The average Bonchev–Trinajstić information content (AvgIpc) is 3.20. The molecule has 0 aromatic carbocycles. The summed E-state index contributed by atoms with van der Waals surface area (Å²) in [7, 11) is 0. The molecule has 0 bridgehead atoms. The van der Waals surface area contributed by atoms with Gasteiger partial charge in [0.05, 0.1) is 6.26 Å². The van der Waals surface area contributed by atoms with Gasteiger partial charge in [0.25, 0.3) is 5.91 Å². The molecule has 1 aromatic heterocycles. The summed E-state index contributed by atoms with van der Waals surface area (Å²) in [5.74, 6) is -0.281. The number of hydrogen-bond acceptors (Lipinski definition) is 5. The molecular weight excluding hydrogens is 344 g/mol. The Labute approximate surface area is 162 Å². The lowest BCUT2D eigenvalue weighted by atomic mass is 10.0. The highest BCUT2D eigenvalue weighted by Crippen LogP contribution is 2.06. The van der Waals surface area contributed by atoms with Gasteiger partial charge in [-0.2, -0.15) is 0 Å². The molecule has 1 aromatic rings. The zero-order valence-corrected chi connectivity index (χ0v) is 16.9. The van der Waals surface area contributed by atoms with Crippen molar-refractivity contribution in [1.82, 2.24) is 20.4 Å². The summed E-state index contributed by atoms with van der Waals surface area (Å²) in [6.07, 6.45) is 3.45. The Balaban J connectivity index is 1.64. The number of carbonyl (C=O) groups excluding carboxylic acids is 2. The Hall–Kier alpha value is -1.86. The number of unbranched alkanes of at least 4 members (excludes halogenated alkanes) is 1. The summed E-state index contributed by atoms with van der Waals surface area (Å²) in [5.41, 5.74) is 0. The molecule has 1 saturated heterocycles. The van der Waals surface area contributed by atoms with Crippen LogP contribution in [0, 0.1) is 5.92 Å². The molecule has 152 valence electrons. The van der Waals surface area contributed by atoms with Gasteiger partial charge in [-0.15, -0.1) is 0 Å². The van der Waals surface area contributed by atoms with Crippen molar-refractivity contribution in [3.63, 3.8) is 0 Å². The summed E-state index contributed by atoms with van der Waals surface area (Å²) in [4.78, 5) is 29.5. The van der Waals surface area contributed by atoms with Gasteiger partial charge in [-0.3, -0.25) is 9.59 Å². The second-order valence-electron chi connectivity index (χ2n) is 7.45. The van der Waals surface area contributed by atoms with Crippen LogP contribution in [0.3, 0.4) is 0 Å². The Kier molecular flexibility index (Phi) is 8.81. The van der Waals surface area contributed by atoms with Crippen molar-refractivity contribution >= 4 is 11.8 Å². The predicted octanol–water partition coefficient (Wildman–Crippen LogP) is 1.57. The summed E-state index contributed by atoms with van der Waals surface area (Å²) in [5, 5.41) is 5.72. The fraction of sp³-hybridized carbons (Fsp3) is 0.700. The topological polar surface area (TPSA) is 77.8 Å². The summed E-state index contributed by atoms with van der Waals surface area (Å²) in [6.45, 7) is 13.5. The maximum absolute atomic E-state index is 12.5. The van der Waals surface area contributed by atoms with Crippen LogP contribution in [-0.4, -0.2) is 73.5 Å². The largest absolute Gasteiger partial charge is 0.459 e. The van der Waals surface area contributed by atoms with Gasteiger partial charge >= 0.3 is 0 Å². The molecule has 2 N–H and O–H groups in total. The third kappa shape index (κ3) is 6.99. The van der Waals surface area contributed by atoms with Crippen LogP contribution < -0.4 is 10.6 Å². The number of piperazine rings is 1. The normalized spacial score (nSPS) is 17.0. The van der Waals surface area contributed by atoms with Crippen molar-refractivity contribution in [3.8, 4) is 0 Å². The second kappa shape index (κ2) is 11.1. The first kappa shape index (κ1) is 21.4. The van der Waals surface area contributed by atoms with E-state index in [0.717, 1.165) is 52.1 Å². The maximum Gasteiger partial charge on any atom is 0.287 e. The number of hydrogen-bond donors (Lipinski definition) is 2. The molecule has 0 aliphatic carbocycles. The van der Waals surface area contributed by atoms with Gasteiger partial charge in [-0.05, 0) is 44.0 Å². The summed E-state index contributed by atoms with van der Waals surface area (Å²) < 4.78 is 5.09. The zero-order chi connectivity index (χ0) is 19.6. The van der Waals surface area contributed by atoms with E-state index < -0.39 is 6.04 Å². The van der Waals surface area contributed by atoms with E-state index in [0.29, 0.717) is 6.54 Å². The van der Waals surface area contributed by atoms with Crippen molar-refractivity contribution < 1.29 is 14.0 Å². The van der Waals surface area contributed by atoms with Crippen molar-refractivity contribution in [1.29, 1.82) is 0 Å². The monoisotopic (exact) mass is 378 g/mol. The fourth-order valence-electron chi connectivity index (χ4n) is 3.27. The highest BCUT2D eigenvalue weighted by atomic mass is 16.3. The SMILES string of the molecule is CCN1CCN(CCCCNC(=O)C(NC(=O)c2ccco2)C(C)C)CC1. The molecule has 0 spiro atoms. The van der Waals surface area contributed by atoms with Gasteiger partial charge in [0.1, 0.15) is 6.04 Å². The lowest BCUT2D eigenvalue weighted by Crippen LogP contribution is -2.50. The maximum atomic E-state index is 12.5. The molecular formula is C20H34N4O3. The Bertz CT molecular complexity index is 566. The fourth-order valence-corrected chi connectivity index (χ4v) is 3.27. The molecule has 1 fully saturated rings. The standard InChI is InChI=1S/C20H34N4O3/c1-4-23-11-13-24(14-12-23)10-6-5-9-21-20(26)18(16(2)3)22-19(25)17-8-7-15-27-17/h7-8,15-16,18H,4-6,9-14H2,1-3H3,(H,21,26)(H,22,25). The first-order valence-corrected chi connectivity index (χ1v) is 10.1. The number of nitrogens with one attached hydrogen (secondary N) is 2. The molecule has 7 nitrogen and oxygen atoms in total. The van der Waals surface area contributed by atoms with Crippen LogP contribution >= 0.6 is 0 Å². The van der Waals surface area contributed by atoms with Crippen molar-refractivity contribution in [2.75, 3.05) is 45.8 Å². The van der Waals surface area contributed by atoms with E-state index in [4.69, 9.17) is 4.42 Å². The third-order valence-corrected chi connectivity index (χ3v) is 5.09. The second-order valence-corrected chi connectivity index (χ2v) is 7.45. The molecule has 0 saturated carbocycles. The van der Waals surface area contributed by atoms with Crippen molar-refractivity contribution in [2.24, 2.45) is 5.92 Å². The van der Waals surface area contributed by atoms with E-state index in [2.05, 4.69) is 27.4 Å². The van der Waals surface area contributed by atoms with Crippen LogP contribution in [0.4, 0.5) is 0 Å². The number of furan rings is 1. The van der Waals surface area contributed by atoms with Crippen LogP contribution in [0.2, 0.25) is 0 Å². The van der Waals surface area contributed by atoms with Crippen molar-refractivity contribution in [2.45, 2.75) is 39.7 Å². The van der Waals surface area contributed by atoms with Crippen LogP contribution in [-0.2, 0) is 4.79 Å². The van der Waals surface area contributed by atoms with Gasteiger partial charge in [0.2, 0.25) is 5.91 Å². The van der Waals surface area contributed by atoms with E-state index in [1.807, 2.05) is 13.8 Å². The molecule has 1 aliphatic heterocycles. The molecule has 27 heavy (non-hydrogen) atoms. The van der Waals surface area contributed by atoms with Crippen LogP contribution in [0.25, 0.3) is 0 Å². The van der Waals surface area contributed by atoms with Gasteiger partial charge in [-0.1, -0.05) is 20.8 Å². The molecule has 1 atom stereocenters. The molecule has 7 heteroatoms. The third-order valence-electron chi connectivity index (χ3n) is 5.09. The lowest BCUT2D eigenvalue weighted by molar-refractivity contribution is -0.123. The smallest absolute Gasteiger partial charge is 0.287 e. The van der Waals surface area contributed by atoms with E-state index in [1.165, 1.54) is 6.26 Å². The number of likely N-dealkylation sites (N-methyl/N-ethyl adjacent to an activating group) is 1. The first-order valence-electron chi connectivity index (χ1n) is 10.1. The van der Waals surface area contributed by atoms with Gasteiger partial charge in [-0.25, -0.2) is 0 Å². The molecule has 1 aliphatic rings. The average molecular weight is 379 g/mol. The number of amides is 2. The quantitative estimate of drug-likeness (QED) is 0.604. The van der Waals surface area contributed by atoms with Crippen LogP contribution in [0.15, 0.2) is 22.8 Å². The van der Waals surface area contributed by atoms with Gasteiger partial charge in [0.15, 0.2) is 5.76 Å². The number of carbonyl (C=O) groups is 2. The van der Waals surface area contributed by atoms with Gasteiger partial charge < -0.3 is 24.9 Å². The molecule has 0 radical (unpaired) electrons. The number of nitrogens with zero attached hydrogens (tertiary/aromatic N) is 2. The van der Waals surface area contributed by atoms with E-state index >= 15 is 0 Å². The minimum Gasteiger partial charge on any atom is -0.459 e. The van der Waals surface area contributed by atoms with Gasteiger partial charge in [0, 0.05) is 32.7 Å². The minimum absolute atomic E-state index is 0.00114. The highest BCUT2D eigenvalue weighted by Gasteiger charge is 2.25. The van der Waals surface area contributed by atoms with E-state index in [9.17, 15) is 9.59 Å².